The highest BCUT2D eigenvalue weighted by Crippen LogP contribution is 2.32. The molecule has 1 aliphatic rings. The largest absolute Gasteiger partial charge is 0.493 e. The summed E-state index contributed by atoms with van der Waals surface area (Å²) in [6, 6.07) is 4.32. The van der Waals surface area contributed by atoms with E-state index in [4.69, 9.17) is 4.74 Å². The fraction of sp³-hybridized carbons (Fsp3) is 0.385. The summed E-state index contributed by atoms with van der Waals surface area (Å²) in [4.78, 5) is 0. The van der Waals surface area contributed by atoms with Gasteiger partial charge in [0.05, 0.1) is 6.61 Å². The summed E-state index contributed by atoms with van der Waals surface area (Å²) >= 11 is 0. The molecule has 0 aromatic heterocycles. The van der Waals surface area contributed by atoms with E-state index in [-0.39, 0.29) is 0 Å². The smallest absolute Gasteiger partial charge is 0.129 e. The number of hydrogen-bond acceptors (Lipinski definition) is 1. The lowest BCUT2D eigenvalue weighted by atomic mass is 9.97. The van der Waals surface area contributed by atoms with E-state index in [9.17, 15) is 0 Å². The summed E-state index contributed by atoms with van der Waals surface area (Å²) in [6.07, 6.45) is 6.48. The first-order chi connectivity index (χ1) is 6.83. The summed E-state index contributed by atoms with van der Waals surface area (Å²) in [5.74, 6) is 1.11. The third-order valence-electron chi connectivity index (χ3n) is 2.69. The molecule has 1 heterocycles. The fourth-order valence-electron chi connectivity index (χ4n) is 1.96. The molecule has 0 fully saturated rings. The van der Waals surface area contributed by atoms with E-state index in [2.05, 4.69) is 31.2 Å². The van der Waals surface area contributed by atoms with Crippen LogP contribution in [0.5, 0.6) is 5.75 Å². The molecule has 0 amide bonds. The van der Waals surface area contributed by atoms with Crippen molar-refractivity contribution in [2.75, 3.05) is 6.61 Å². The van der Waals surface area contributed by atoms with Crippen molar-refractivity contribution in [3.63, 3.8) is 0 Å². The van der Waals surface area contributed by atoms with Crippen molar-refractivity contribution >= 4 is 6.08 Å². The second-order valence-corrected chi connectivity index (χ2v) is 3.73. The second kappa shape index (κ2) is 3.87. The van der Waals surface area contributed by atoms with E-state index in [1.807, 2.05) is 6.92 Å². The highest BCUT2D eigenvalue weighted by Gasteiger charge is 2.14. The molecule has 0 atom stereocenters. The lowest BCUT2D eigenvalue weighted by molar-refractivity contribution is 0.287. The molecule has 0 bridgehead atoms. The lowest BCUT2D eigenvalue weighted by Crippen LogP contribution is -2.10. The zero-order chi connectivity index (χ0) is 9.97. The van der Waals surface area contributed by atoms with Crippen molar-refractivity contribution in [1.29, 1.82) is 0 Å². The van der Waals surface area contributed by atoms with Gasteiger partial charge in [-0.05, 0) is 37.8 Å². The molecule has 1 aromatic carbocycles. The number of aryl methyl sites for hydroxylation is 1. The van der Waals surface area contributed by atoms with Crippen molar-refractivity contribution in [3.05, 3.63) is 34.9 Å². The van der Waals surface area contributed by atoms with Gasteiger partial charge in [-0.3, -0.25) is 0 Å². The average Bonchev–Trinajstić information content (AvgIpc) is 2.23. The Morgan fingerprint density at radius 3 is 3.00 bits per heavy atom. The van der Waals surface area contributed by atoms with Crippen molar-refractivity contribution in [2.45, 2.75) is 26.7 Å². The standard InChI is InChI=1S/C13H16O/c1-3-5-11-8-7-10(2)12-6-4-9-14-13(11)12/h3,5,7-8H,4,6,9H2,1-2H3/b5-3+. The topological polar surface area (TPSA) is 9.23 Å². The molecule has 74 valence electrons. The summed E-state index contributed by atoms with van der Waals surface area (Å²) in [5.41, 5.74) is 3.97. The number of ether oxygens (including phenoxy) is 1. The Morgan fingerprint density at radius 2 is 2.21 bits per heavy atom. The molecule has 0 N–H and O–H groups in total. The van der Waals surface area contributed by atoms with E-state index >= 15 is 0 Å². The Balaban J connectivity index is 2.53. The van der Waals surface area contributed by atoms with Crippen LogP contribution in [0.15, 0.2) is 18.2 Å². The zero-order valence-corrected chi connectivity index (χ0v) is 8.84. The molecule has 1 heteroatoms. The van der Waals surface area contributed by atoms with Gasteiger partial charge in [0, 0.05) is 5.56 Å². The highest BCUT2D eigenvalue weighted by atomic mass is 16.5. The minimum Gasteiger partial charge on any atom is -0.493 e. The molecule has 2 rings (SSSR count). The summed E-state index contributed by atoms with van der Waals surface area (Å²) in [5, 5.41) is 0. The first kappa shape index (κ1) is 9.32. The van der Waals surface area contributed by atoms with Crippen LogP contribution in [0.25, 0.3) is 6.08 Å². The first-order valence-electron chi connectivity index (χ1n) is 5.21. The van der Waals surface area contributed by atoms with Crippen LogP contribution in [0.1, 0.15) is 30.0 Å². The van der Waals surface area contributed by atoms with Crippen LogP contribution in [-0.2, 0) is 6.42 Å². The maximum Gasteiger partial charge on any atom is 0.129 e. The van der Waals surface area contributed by atoms with Gasteiger partial charge in [0.15, 0.2) is 0 Å². The van der Waals surface area contributed by atoms with Crippen molar-refractivity contribution in [3.8, 4) is 5.75 Å². The van der Waals surface area contributed by atoms with Crippen LogP contribution in [0.4, 0.5) is 0 Å². The molecular weight excluding hydrogens is 172 g/mol. The quantitative estimate of drug-likeness (QED) is 0.656. The van der Waals surface area contributed by atoms with E-state index in [1.54, 1.807) is 0 Å². The molecular formula is C13H16O. The van der Waals surface area contributed by atoms with Crippen LogP contribution in [0, 0.1) is 6.92 Å². The van der Waals surface area contributed by atoms with Gasteiger partial charge in [-0.15, -0.1) is 0 Å². The van der Waals surface area contributed by atoms with E-state index in [0.717, 1.165) is 25.2 Å². The third kappa shape index (κ3) is 1.54. The highest BCUT2D eigenvalue weighted by molar-refractivity contribution is 5.61. The van der Waals surface area contributed by atoms with Gasteiger partial charge in [-0.2, -0.15) is 0 Å². The second-order valence-electron chi connectivity index (χ2n) is 3.73. The van der Waals surface area contributed by atoms with E-state index < -0.39 is 0 Å². The van der Waals surface area contributed by atoms with Crippen molar-refractivity contribution < 1.29 is 4.74 Å². The fourth-order valence-corrected chi connectivity index (χ4v) is 1.96. The van der Waals surface area contributed by atoms with Crippen LogP contribution in [0.3, 0.4) is 0 Å². The van der Waals surface area contributed by atoms with Gasteiger partial charge < -0.3 is 4.74 Å². The van der Waals surface area contributed by atoms with Gasteiger partial charge >= 0.3 is 0 Å². The Labute approximate surface area is 85.4 Å². The zero-order valence-electron chi connectivity index (χ0n) is 8.84. The molecule has 0 aliphatic carbocycles. The Hall–Kier alpha value is -1.24. The van der Waals surface area contributed by atoms with Crippen LogP contribution in [0.2, 0.25) is 0 Å². The molecule has 1 nitrogen and oxygen atoms in total. The predicted molar refractivity (Wildman–Crippen MR) is 59.7 cm³/mol. The van der Waals surface area contributed by atoms with Crippen molar-refractivity contribution in [2.24, 2.45) is 0 Å². The molecule has 0 saturated carbocycles. The average molecular weight is 188 g/mol. The van der Waals surface area contributed by atoms with E-state index in [0.29, 0.717) is 0 Å². The Morgan fingerprint density at radius 1 is 1.36 bits per heavy atom. The van der Waals surface area contributed by atoms with Crippen LogP contribution < -0.4 is 4.74 Å². The van der Waals surface area contributed by atoms with Crippen LogP contribution in [-0.4, -0.2) is 6.61 Å². The maximum absolute atomic E-state index is 5.74. The molecule has 1 aliphatic heterocycles. The SMILES string of the molecule is C/C=C/c1ccc(C)c2c1OCCC2. The van der Waals surface area contributed by atoms with E-state index in [1.165, 1.54) is 16.7 Å². The molecule has 0 spiro atoms. The summed E-state index contributed by atoms with van der Waals surface area (Å²) < 4.78 is 5.74. The Kier molecular flexibility index (Phi) is 2.58. The van der Waals surface area contributed by atoms with Gasteiger partial charge in [0.25, 0.3) is 0 Å². The normalized spacial score (nSPS) is 15.3. The van der Waals surface area contributed by atoms with Crippen molar-refractivity contribution in [1.82, 2.24) is 0 Å². The molecule has 0 radical (unpaired) electrons. The molecule has 1 aromatic rings. The minimum atomic E-state index is 0.862. The molecule has 0 saturated heterocycles. The van der Waals surface area contributed by atoms with Gasteiger partial charge in [-0.1, -0.05) is 24.3 Å². The monoisotopic (exact) mass is 188 g/mol. The number of rotatable bonds is 1. The van der Waals surface area contributed by atoms with Gasteiger partial charge in [0.2, 0.25) is 0 Å². The number of hydrogen-bond donors (Lipinski definition) is 0. The predicted octanol–water partition coefficient (Wildman–Crippen LogP) is 3.35. The molecule has 14 heavy (non-hydrogen) atoms. The molecule has 0 unspecified atom stereocenters. The first-order valence-corrected chi connectivity index (χ1v) is 5.21. The number of allylic oxidation sites excluding steroid dienone is 1. The van der Waals surface area contributed by atoms with Crippen LogP contribution >= 0.6 is 0 Å². The lowest BCUT2D eigenvalue weighted by Gasteiger charge is -2.21. The summed E-state index contributed by atoms with van der Waals surface area (Å²) in [7, 11) is 0. The maximum atomic E-state index is 5.74. The van der Waals surface area contributed by atoms with Gasteiger partial charge in [-0.25, -0.2) is 0 Å². The Bertz CT molecular complexity index is 364. The number of fused-ring (bicyclic) bond motifs is 1. The summed E-state index contributed by atoms with van der Waals surface area (Å²) in [6.45, 7) is 5.06. The number of benzene rings is 1. The third-order valence-corrected chi connectivity index (χ3v) is 2.69. The van der Waals surface area contributed by atoms with Gasteiger partial charge in [0.1, 0.15) is 5.75 Å². The minimum absolute atomic E-state index is 0.862.